The second kappa shape index (κ2) is 7.61. The summed E-state index contributed by atoms with van der Waals surface area (Å²) < 4.78 is 15.8. The molecular formula is C16H21N3O3. The van der Waals surface area contributed by atoms with Crippen molar-refractivity contribution in [3.05, 3.63) is 35.5 Å². The highest BCUT2D eigenvalue weighted by Crippen LogP contribution is 2.25. The van der Waals surface area contributed by atoms with Crippen LogP contribution in [-0.2, 0) is 6.42 Å². The van der Waals surface area contributed by atoms with Gasteiger partial charge in [0.2, 0.25) is 0 Å². The molecule has 0 aliphatic heterocycles. The quantitative estimate of drug-likeness (QED) is 0.847. The Bertz CT molecular complexity index is 637. The minimum Gasteiger partial charge on any atom is -0.497 e. The Balaban J connectivity index is 2.14. The first-order valence-electron chi connectivity index (χ1n) is 7.06. The van der Waals surface area contributed by atoms with Gasteiger partial charge in [0.05, 0.1) is 14.2 Å². The zero-order valence-corrected chi connectivity index (χ0v) is 13.3. The van der Waals surface area contributed by atoms with Gasteiger partial charge in [-0.05, 0) is 38.2 Å². The monoisotopic (exact) mass is 303 g/mol. The van der Waals surface area contributed by atoms with Gasteiger partial charge in [0.25, 0.3) is 5.89 Å². The van der Waals surface area contributed by atoms with E-state index in [1.165, 1.54) is 0 Å². The second-order valence-electron chi connectivity index (χ2n) is 4.88. The Kier molecular flexibility index (Phi) is 5.55. The third-order valence-corrected chi connectivity index (χ3v) is 3.31. The summed E-state index contributed by atoms with van der Waals surface area (Å²) in [4.78, 5) is 4.33. The number of benzene rings is 1. The van der Waals surface area contributed by atoms with E-state index >= 15 is 0 Å². The van der Waals surface area contributed by atoms with E-state index in [2.05, 4.69) is 22.4 Å². The van der Waals surface area contributed by atoms with E-state index in [0.717, 1.165) is 23.5 Å². The molecule has 1 heterocycles. The van der Waals surface area contributed by atoms with Gasteiger partial charge in [-0.3, -0.25) is 0 Å². The lowest BCUT2D eigenvalue weighted by atomic mass is 10.1. The largest absolute Gasteiger partial charge is 0.497 e. The summed E-state index contributed by atoms with van der Waals surface area (Å²) in [5.74, 6) is 2.65. The minimum absolute atomic E-state index is 0.299. The third kappa shape index (κ3) is 4.08. The first-order valence-corrected chi connectivity index (χ1v) is 7.06. The van der Waals surface area contributed by atoms with Crippen molar-refractivity contribution in [1.82, 2.24) is 15.5 Å². The molecule has 1 N–H and O–H groups in total. The average molecular weight is 303 g/mol. The van der Waals surface area contributed by atoms with Crippen LogP contribution in [-0.4, -0.2) is 37.4 Å². The number of nitrogens with zero attached hydrogens (tertiary/aromatic N) is 2. The van der Waals surface area contributed by atoms with Crippen molar-refractivity contribution < 1.29 is 14.0 Å². The molecule has 0 saturated carbocycles. The molecule has 1 aromatic heterocycles. The van der Waals surface area contributed by atoms with Gasteiger partial charge in [-0.1, -0.05) is 5.16 Å². The lowest BCUT2D eigenvalue weighted by Crippen LogP contribution is -2.24. The fourth-order valence-electron chi connectivity index (χ4n) is 1.92. The van der Waals surface area contributed by atoms with Crippen LogP contribution in [0.15, 0.2) is 22.7 Å². The van der Waals surface area contributed by atoms with Crippen molar-refractivity contribution in [3.8, 4) is 11.5 Å². The van der Waals surface area contributed by atoms with Crippen molar-refractivity contribution >= 4 is 12.2 Å². The van der Waals surface area contributed by atoms with Gasteiger partial charge in [0, 0.05) is 24.1 Å². The molecule has 6 nitrogen and oxygen atoms in total. The van der Waals surface area contributed by atoms with Crippen molar-refractivity contribution in [2.45, 2.75) is 19.4 Å². The number of rotatable bonds is 7. The van der Waals surface area contributed by atoms with Gasteiger partial charge in [-0.15, -0.1) is 0 Å². The molecule has 2 aromatic rings. The maximum absolute atomic E-state index is 5.32. The van der Waals surface area contributed by atoms with Gasteiger partial charge in [0.15, 0.2) is 5.82 Å². The molecule has 6 heteroatoms. The molecule has 2 rings (SSSR count). The van der Waals surface area contributed by atoms with E-state index in [-0.39, 0.29) is 0 Å². The summed E-state index contributed by atoms with van der Waals surface area (Å²) in [6, 6.07) is 5.88. The van der Waals surface area contributed by atoms with Gasteiger partial charge in [0.1, 0.15) is 11.5 Å². The SMILES string of the molecule is CNC(C)Cc1noc(/C=C/c2cc(OC)ccc2OC)n1. The number of aromatic nitrogens is 2. The van der Waals surface area contributed by atoms with Crippen LogP contribution in [0.4, 0.5) is 0 Å². The number of likely N-dealkylation sites (N-methyl/N-ethyl adjacent to an activating group) is 1. The third-order valence-electron chi connectivity index (χ3n) is 3.31. The number of methoxy groups -OCH3 is 2. The van der Waals surface area contributed by atoms with Gasteiger partial charge in [-0.25, -0.2) is 0 Å². The molecule has 1 aromatic carbocycles. The van der Waals surface area contributed by atoms with Gasteiger partial charge >= 0.3 is 0 Å². The second-order valence-corrected chi connectivity index (χ2v) is 4.88. The highest BCUT2D eigenvalue weighted by atomic mass is 16.5. The lowest BCUT2D eigenvalue weighted by molar-refractivity contribution is 0.399. The zero-order chi connectivity index (χ0) is 15.9. The molecule has 22 heavy (non-hydrogen) atoms. The van der Waals surface area contributed by atoms with E-state index in [4.69, 9.17) is 14.0 Å². The summed E-state index contributed by atoms with van der Waals surface area (Å²) in [5.41, 5.74) is 0.880. The Hall–Kier alpha value is -2.34. The summed E-state index contributed by atoms with van der Waals surface area (Å²) in [7, 11) is 5.16. The Morgan fingerprint density at radius 2 is 2.09 bits per heavy atom. The van der Waals surface area contributed by atoms with E-state index in [9.17, 15) is 0 Å². The topological polar surface area (TPSA) is 69.4 Å². The van der Waals surface area contributed by atoms with Crippen LogP contribution in [0.25, 0.3) is 12.2 Å². The highest BCUT2D eigenvalue weighted by molar-refractivity contribution is 5.70. The number of ether oxygens (including phenoxy) is 2. The van der Waals surface area contributed by atoms with Crippen LogP contribution in [0.1, 0.15) is 24.2 Å². The van der Waals surface area contributed by atoms with Crippen LogP contribution in [0.2, 0.25) is 0 Å². The predicted octanol–water partition coefficient (Wildman–Crippen LogP) is 2.41. The number of hydrogen-bond acceptors (Lipinski definition) is 6. The molecule has 0 spiro atoms. The van der Waals surface area contributed by atoms with Crippen LogP contribution in [0.3, 0.4) is 0 Å². The maximum atomic E-state index is 5.32. The minimum atomic E-state index is 0.299. The Morgan fingerprint density at radius 1 is 1.27 bits per heavy atom. The smallest absolute Gasteiger partial charge is 0.250 e. The van der Waals surface area contributed by atoms with Crippen molar-refractivity contribution in [2.75, 3.05) is 21.3 Å². The summed E-state index contributed by atoms with van der Waals surface area (Å²) in [6.07, 6.45) is 4.34. The molecular weight excluding hydrogens is 282 g/mol. The first-order chi connectivity index (χ1) is 10.7. The molecule has 0 radical (unpaired) electrons. The summed E-state index contributed by atoms with van der Waals surface area (Å²) >= 11 is 0. The Labute approximate surface area is 130 Å². The molecule has 0 aliphatic carbocycles. The zero-order valence-electron chi connectivity index (χ0n) is 13.3. The summed E-state index contributed by atoms with van der Waals surface area (Å²) in [6.45, 7) is 2.06. The normalized spacial score (nSPS) is 12.5. The fraction of sp³-hybridized carbons (Fsp3) is 0.375. The van der Waals surface area contributed by atoms with Crippen molar-refractivity contribution in [1.29, 1.82) is 0 Å². The van der Waals surface area contributed by atoms with Crippen LogP contribution in [0, 0.1) is 0 Å². The summed E-state index contributed by atoms with van der Waals surface area (Å²) in [5, 5.41) is 7.10. The molecule has 0 aliphatic rings. The molecule has 118 valence electrons. The maximum Gasteiger partial charge on any atom is 0.250 e. The van der Waals surface area contributed by atoms with E-state index in [1.807, 2.05) is 31.3 Å². The first kappa shape index (κ1) is 16.0. The molecule has 1 atom stereocenters. The lowest BCUT2D eigenvalue weighted by Gasteiger charge is -2.06. The molecule has 0 bridgehead atoms. The molecule has 1 unspecified atom stereocenters. The van der Waals surface area contributed by atoms with Crippen LogP contribution >= 0.6 is 0 Å². The standard InChI is InChI=1S/C16H21N3O3/c1-11(17-2)9-15-18-16(22-19-15)8-5-12-10-13(20-3)6-7-14(12)21-4/h5-8,10-11,17H,9H2,1-4H3/b8-5+. The van der Waals surface area contributed by atoms with E-state index in [0.29, 0.717) is 17.8 Å². The van der Waals surface area contributed by atoms with E-state index < -0.39 is 0 Å². The van der Waals surface area contributed by atoms with Crippen LogP contribution in [0.5, 0.6) is 11.5 Å². The highest BCUT2D eigenvalue weighted by Gasteiger charge is 2.08. The average Bonchev–Trinajstić information content (AvgIpc) is 2.99. The number of nitrogens with one attached hydrogen (secondary N) is 1. The van der Waals surface area contributed by atoms with E-state index in [1.54, 1.807) is 20.3 Å². The van der Waals surface area contributed by atoms with Gasteiger partial charge < -0.3 is 19.3 Å². The number of hydrogen-bond donors (Lipinski definition) is 1. The Morgan fingerprint density at radius 3 is 2.77 bits per heavy atom. The molecule has 0 fully saturated rings. The van der Waals surface area contributed by atoms with Gasteiger partial charge in [-0.2, -0.15) is 4.98 Å². The van der Waals surface area contributed by atoms with Crippen LogP contribution < -0.4 is 14.8 Å². The predicted molar refractivity (Wildman–Crippen MR) is 85.0 cm³/mol. The molecule has 0 amide bonds. The van der Waals surface area contributed by atoms with Crippen molar-refractivity contribution in [3.63, 3.8) is 0 Å². The fourth-order valence-corrected chi connectivity index (χ4v) is 1.92. The van der Waals surface area contributed by atoms with Crippen molar-refractivity contribution in [2.24, 2.45) is 0 Å². The molecule has 0 saturated heterocycles.